The fourth-order valence-corrected chi connectivity index (χ4v) is 3.72. The zero-order valence-corrected chi connectivity index (χ0v) is 12.3. The maximum atomic E-state index is 11.7. The van der Waals surface area contributed by atoms with Gasteiger partial charge in [0.15, 0.2) is 0 Å². The zero-order valence-electron chi connectivity index (χ0n) is 11.5. The van der Waals surface area contributed by atoms with Gasteiger partial charge in [-0.05, 0) is 43.8 Å². The van der Waals surface area contributed by atoms with E-state index in [2.05, 4.69) is 13.0 Å². The number of allylic oxidation sites excluding steroid dienone is 3. The van der Waals surface area contributed by atoms with Crippen molar-refractivity contribution < 1.29 is 14.3 Å². The Morgan fingerprint density at radius 2 is 2.16 bits per heavy atom. The number of carbonyl (C=O) groups excluding carboxylic acids is 2. The van der Waals surface area contributed by atoms with Crippen LogP contribution in [0.1, 0.15) is 26.7 Å². The molecule has 19 heavy (non-hydrogen) atoms. The SMILES string of the molecule is C/C=C(C)\C(=C1\SCC(C(=O)OC)N1C=O)C1CC1. The Labute approximate surface area is 117 Å². The second kappa shape index (κ2) is 5.82. The first kappa shape index (κ1) is 14.2. The smallest absolute Gasteiger partial charge is 0.329 e. The molecule has 2 rings (SSSR count). The molecule has 1 saturated carbocycles. The van der Waals surface area contributed by atoms with Gasteiger partial charge < -0.3 is 4.74 Å². The molecule has 104 valence electrons. The summed E-state index contributed by atoms with van der Waals surface area (Å²) in [7, 11) is 1.36. The van der Waals surface area contributed by atoms with Gasteiger partial charge in [0.1, 0.15) is 6.04 Å². The van der Waals surface area contributed by atoms with Crippen LogP contribution >= 0.6 is 11.8 Å². The lowest BCUT2D eigenvalue weighted by atomic mass is 10.0. The molecule has 1 unspecified atom stereocenters. The summed E-state index contributed by atoms with van der Waals surface area (Å²) in [5.74, 6) is 0.772. The van der Waals surface area contributed by atoms with Gasteiger partial charge in [-0.1, -0.05) is 6.08 Å². The van der Waals surface area contributed by atoms with Crippen LogP contribution in [0.4, 0.5) is 0 Å². The summed E-state index contributed by atoms with van der Waals surface area (Å²) in [4.78, 5) is 24.6. The summed E-state index contributed by atoms with van der Waals surface area (Å²) < 4.78 is 4.77. The number of hydrogen-bond acceptors (Lipinski definition) is 4. The average Bonchev–Trinajstić information content (AvgIpc) is 3.17. The van der Waals surface area contributed by atoms with Crippen LogP contribution in [-0.2, 0) is 14.3 Å². The third-order valence-corrected chi connectivity index (χ3v) is 4.80. The number of hydrogen-bond donors (Lipinski definition) is 0. The van der Waals surface area contributed by atoms with Crippen LogP contribution in [0.2, 0.25) is 0 Å². The van der Waals surface area contributed by atoms with Crippen LogP contribution in [0.15, 0.2) is 22.3 Å². The summed E-state index contributed by atoms with van der Waals surface area (Å²) in [6.45, 7) is 4.07. The Kier molecular flexibility index (Phi) is 4.34. The number of nitrogens with zero attached hydrogens (tertiary/aromatic N) is 1. The van der Waals surface area contributed by atoms with E-state index in [1.54, 1.807) is 11.8 Å². The average molecular weight is 281 g/mol. The molecule has 0 spiro atoms. The molecule has 4 nitrogen and oxygen atoms in total. The van der Waals surface area contributed by atoms with Gasteiger partial charge in [-0.2, -0.15) is 0 Å². The van der Waals surface area contributed by atoms with Crippen molar-refractivity contribution in [2.75, 3.05) is 12.9 Å². The summed E-state index contributed by atoms with van der Waals surface area (Å²) in [5.41, 5.74) is 2.42. The van der Waals surface area contributed by atoms with Gasteiger partial charge in [-0.15, -0.1) is 11.8 Å². The lowest BCUT2D eigenvalue weighted by Gasteiger charge is -2.21. The first-order valence-corrected chi connectivity index (χ1v) is 7.44. The summed E-state index contributed by atoms with van der Waals surface area (Å²) >= 11 is 1.58. The van der Waals surface area contributed by atoms with Crippen molar-refractivity contribution in [3.05, 3.63) is 22.3 Å². The normalized spacial score (nSPS) is 26.4. The van der Waals surface area contributed by atoms with Gasteiger partial charge in [0.2, 0.25) is 6.41 Å². The van der Waals surface area contributed by atoms with E-state index < -0.39 is 6.04 Å². The predicted octanol–water partition coefficient (Wildman–Crippen LogP) is 2.32. The van der Waals surface area contributed by atoms with E-state index in [1.165, 1.54) is 36.0 Å². The van der Waals surface area contributed by atoms with E-state index in [0.717, 1.165) is 11.4 Å². The number of rotatable bonds is 4. The number of carbonyl (C=O) groups is 2. The second-order valence-corrected chi connectivity index (χ2v) is 5.84. The van der Waals surface area contributed by atoms with Crippen molar-refractivity contribution >= 4 is 24.1 Å². The predicted molar refractivity (Wildman–Crippen MR) is 75.3 cm³/mol. The van der Waals surface area contributed by atoms with Gasteiger partial charge in [-0.25, -0.2) is 4.79 Å². The molecule has 1 atom stereocenters. The van der Waals surface area contributed by atoms with Gasteiger partial charge >= 0.3 is 5.97 Å². The van der Waals surface area contributed by atoms with Gasteiger partial charge in [0.25, 0.3) is 0 Å². The molecule has 0 bridgehead atoms. The molecule has 1 aliphatic heterocycles. The maximum Gasteiger partial charge on any atom is 0.329 e. The zero-order chi connectivity index (χ0) is 14.0. The molecule has 1 aliphatic carbocycles. The third-order valence-electron chi connectivity index (χ3n) is 3.61. The van der Waals surface area contributed by atoms with Crippen LogP contribution in [0.5, 0.6) is 0 Å². The fraction of sp³-hybridized carbons (Fsp3) is 0.571. The first-order chi connectivity index (χ1) is 9.13. The number of ether oxygens (including phenoxy) is 1. The Morgan fingerprint density at radius 1 is 1.47 bits per heavy atom. The molecule has 0 aromatic rings. The summed E-state index contributed by atoms with van der Waals surface area (Å²) in [6.07, 6.45) is 5.15. The van der Waals surface area contributed by atoms with Gasteiger partial charge in [0, 0.05) is 5.75 Å². The highest BCUT2D eigenvalue weighted by atomic mass is 32.2. The molecule has 5 heteroatoms. The Morgan fingerprint density at radius 3 is 2.63 bits per heavy atom. The molecule has 0 N–H and O–H groups in total. The van der Waals surface area contributed by atoms with E-state index >= 15 is 0 Å². The minimum absolute atomic E-state index is 0.345. The summed E-state index contributed by atoms with van der Waals surface area (Å²) in [5, 5.41) is 0.934. The molecule has 0 radical (unpaired) electrons. The second-order valence-electron chi connectivity index (χ2n) is 4.83. The Balaban J connectivity index is 2.37. The minimum Gasteiger partial charge on any atom is -0.467 e. The monoisotopic (exact) mass is 281 g/mol. The van der Waals surface area contributed by atoms with Crippen LogP contribution < -0.4 is 0 Å². The molecule has 0 aromatic carbocycles. The molecule has 2 aliphatic rings. The van der Waals surface area contributed by atoms with Crippen molar-refractivity contribution in [2.24, 2.45) is 5.92 Å². The lowest BCUT2D eigenvalue weighted by molar-refractivity contribution is -0.146. The highest BCUT2D eigenvalue weighted by Crippen LogP contribution is 2.47. The van der Waals surface area contributed by atoms with Crippen LogP contribution in [0, 0.1) is 5.92 Å². The van der Waals surface area contributed by atoms with Crippen molar-refractivity contribution in [1.29, 1.82) is 0 Å². The van der Waals surface area contributed by atoms with Crippen molar-refractivity contribution in [1.82, 2.24) is 4.90 Å². The van der Waals surface area contributed by atoms with Crippen molar-refractivity contribution in [3.63, 3.8) is 0 Å². The van der Waals surface area contributed by atoms with Crippen molar-refractivity contribution in [2.45, 2.75) is 32.7 Å². The maximum absolute atomic E-state index is 11.7. The van der Waals surface area contributed by atoms with Crippen LogP contribution in [-0.4, -0.2) is 36.2 Å². The molecular weight excluding hydrogens is 262 g/mol. The molecular formula is C14H19NO3S. The largest absolute Gasteiger partial charge is 0.467 e. The van der Waals surface area contributed by atoms with Gasteiger partial charge in [0.05, 0.1) is 12.1 Å². The quantitative estimate of drug-likeness (QED) is 0.586. The minimum atomic E-state index is -0.485. The van der Waals surface area contributed by atoms with Crippen LogP contribution in [0.3, 0.4) is 0 Å². The van der Waals surface area contributed by atoms with E-state index in [-0.39, 0.29) is 5.97 Å². The number of methoxy groups -OCH3 is 1. The van der Waals surface area contributed by atoms with Crippen LogP contribution in [0.25, 0.3) is 0 Å². The molecule has 0 aromatic heterocycles. The standard InChI is InChI=1S/C14H19NO3S/c1-4-9(2)12(10-5-6-10)13-15(8-16)11(7-19-13)14(17)18-3/h4,8,10-11H,5-7H2,1-3H3/b9-4-,13-12-. The highest BCUT2D eigenvalue weighted by Gasteiger charge is 2.40. The Bertz CT molecular complexity index is 452. The molecule has 2 fully saturated rings. The molecule has 1 saturated heterocycles. The number of esters is 1. The van der Waals surface area contributed by atoms with E-state index in [0.29, 0.717) is 11.7 Å². The Hall–Kier alpha value is -1.23. The van der Waals surface area contributed by atoms with Crippen molar-refractivity contribution in [3.8, 4) is 0 Å². The van der Waals surface area contributed by atoms with Gasteiger partial charge in [-0.3, -0.25) is 9.69 Å². The van der Waals surface area contributed by atoms with E-state index in [4.69, 9.17) is 4.74 Å². The molecule has 1 amide bonds. The topological polar surface area (TPSA) is 46.6 Å². The fourth-order valence-electron chi connectivity index (χ4n) is 2.30. The highest BCUT2D eigenvalue weighted by molar-refractivity contribution is 8.03. The van der Waals surface area contributed by atoms with E-state index in [9.17, 15) is 9.59 Å². The summed E-state index contributed by atoms with van der Waals surface area (Å²) in [6, 6.07) is -0.485. The van der Waals surface area contributed by atoms with E-state index in [1.807, 2.05) is 6.92 Å². The third kappa shape index (κ3) is 2.71. The first-order valence-electron chi connectivity index (χ1n) is 6.45. The number of thioether (sulfide) groups is 1. The molecule has 1 heterocycles. The number of amides is 1. The lowest BCUT2D eigenvalue weighted by Crippen LogP contribution is -2.37.